The van der Waals surface area contributed by atoms with Gasteiger partial charge in [0.25, 0.3) is 5.91 Å². The first-order valence-corrected chi connectivity index (χ1v) is 5.69. The maximum atomic E-state index is 11.9. The average Bonchev–Trinajstić information content (AvgIpc) is 2.31. The quantitative estimate of drug-likeness (QED) is 0.892. The molecule has 18 heavy (non-hydrogen) atoms. The molecular formula is C11H11Cl2NO4. The number of hydrogen-bond acceptors (Lipinski definition) is 3. The molecule has 0 saturated carbocycles. The Labute approximate surface area is 114 Å². The van der Waals surface area contributed by atoms with Crippen LogP contribution in [0.3, 0.4) is 0 Å². The highest BCUT2D eigenvalue weighted by Gasteiger charge is 2.22. The number of rotatable bonds is 4. The Bertz CT molecular complexity index is 490. The van der Waals surface area contributed by atoms with Crippen molar-refractivity contribution in [1.29, 1.82) is 0 Å². The lowest BCUT2D eigenvalue weighted by atomic mass is 10.1. The molecule has 7 heteroatoms. The second-order valence-corrected chi connectivity index (χ2v) is 4.29. The van der Waals surface area contributed by atoms with Crippen molar-refractivity contribution in [2.75, 3.05) is 7.11 Å². The summed E-state index contributed by atoms with van der Waals surface area (Å²) >= 11 is 11.8. The van der Waals surface area contributed by atoms with Crippen LogP contribution in [0.5, 0.6) is 5.75 Å². The summed E-state index contributed by atoms with van der Waals surface area (Å²) in [5.74, 6) is -1.70. The maximum absolute atomic E-state index is 11.9. The number of benzene rings is 1. The van der Waals surface area contributed by atoms with Gasteiger partial charge in [0.2, 0.25) is 0 Å². The van der Waals surface area contributed by atoms with Gasteiger partial charge in [-0.05, 0) is 19.1 Å². The van der Waals surface area contributed by atoms with Gasteiger partial charge >= 0.3 is 5.97 Å². The van der Waals surface area contributed by atoms with Crippen molar-refractivity contribution in [3.05, 3.63) is 27.7 Å². The zero-order valence-corrected chi connectivity index (χ0v) is 11.2. The largest absolute Gasteiger partial charge is 0.494 e. The normalized spacial score (nSPS) is 11.8. The van der Waals surface area contributed by atoms with Crippen LogP contribution in [-0.2, 0) is 4.79 Å². The molecule has 0 aliphatic carbocycles. The van der Waals surface area contributed by atoms with E-state index in [-0.39, 0.29) is 21.4 Å². The monoisotopic (exact) mass is 291 g/mol. The average molecular weight is 292 g/mol. The van der Waals surface area contributed by atoms with Crippen LogP contribution in [0.1, 0.15) is 17.3 Å². The number of carboxylic acids is 1. The fourth-order valence-electron chi connectivity index (χ4n) is 1.27. The minimum absolute atomic E-state index is 0.0137. The van der Waals surface area contributed by atoms with Gasteiger partial charge < -0.3 is 15.2 Å². The van der Waals surface area contributed by atoms with Gasteiger partial charge in [-0.15, -0.1) is 0 Å². The van der Waals surface area contributed by atoms with Crippen LogP contribution in [0.15, 0.2) is 12.1 Å². The highest BCUT2D eigenvalue weighted by molar-refractivity contribution is 6.37. The standard InChI is InChI=1S/C11H11Cl2NO4/c1-5(11(16)17)14-10(15)8-6(12)3-4-7(13)9(8)18-2/h3-5H,1-2H3,(H,14,15)(H,16,17). The molecule has 1 aromatic carbocycles. The summed E-state index contributed by atoms with van der Waals surface area (Å²) < 4.78 is 5.00. The van der Waals surface area contributed by atoms with Gasteiger partial charge in [0, 0.05) is 0 Å². The number of carbonyl (C=O) groups excluding carboxylic acids is 1. The summed E-state index contributed by atoms with van der Waals surface area (Å²) in [6.45, 7) is 1.34. The van der Waals surface area contributed by atoms with E-state index < -0.39 is 17.9 Å². The lowest BCUT2D eigenvalue weighted by molar-refractivity contribution is -0.138. The number of nitrogens with one attached hydrogen (secondary N) is 1. The third-order valence-corrected chi connectivity index (χ3v) is 2.82. The smallest absolute Gasteiger partial charge is 0.325 e. The van der Waals surface area contributed by atoms with E-state index in [1.54, 1.807) is 0 Å². The number of aliphatic carboxylic acids is 1. The van der Waals surface area contributed by atoms with Crippen molar-refractivity contribution in [3.8, 4) is 5.75 Å². The molecule has 0 radical (unpaired) electrons. The van der Waals surface area contributed by atoms with Crippen molar-refractivity contribution in [2.45, 2.75) is 13.0 Å². The van der Waals surface area contributed by atoms with Gasteiger partial charge in [0.05, 0.1) is 17.2 Å². The van der Waals surface area contributed by atoms with E-state index in [0.29, 0.717) is 0 Å². The van der Waals surface area contributed by atoms with Crippen LogP contribution in [0.25, 0.3) is 0 Å². The Hall–Kier alpha value is -1.46. The molecule has 1 amide bonds. The molecule has 1 atom stereocenters. The minimum atomic E-state index is -1.15. The summed E-state index contributed by atoms with van der Waals surface area (Å²) in [5, 5.41) is 11.3. The first-order chi connectivity index (χ1) is 8.38. The summed E-state index contributed by atoms with van der Waals surface area (Å²) in [6, 6.07) is 1.88. The van der Waals surface area contributed by atoms with Crippen LogP contribution in [-0.4, -0.2) is 30.1 Å². The third-order valence-electron chi connectivity index (χ3n) is 2.21. The molecule has 1 aromatic rings. The molecule has 0 aliphatic heterocycles. The summed E-state index contributed by atoms with van der Waals surface area (Å²) in [7, 11) is 1.34. The van der Waals surface area contributed by atoms with Gasteiger partial charge in [-0.25, -0.2) is 0 Å². The van der Waals surface area contributed by atoms with Crippen LogP contribution in [0.2, 0.25) is 10.0 Å². The number of ether oxygens (including phenoxy) is 1. The maximum Gasteiger partial charge on any atom is 0.325 e. The SMILES string of the molecule is COc1c(Cl)ccc(Cl)c1C(=O)NC(C)C(=O)O. The molecule has 2 N–H and O–H groups in total. The molecule has 1 rings (SSSR count). The summed E-state index contributed by atoms with van der Waals surface area (Å²) in [4.78, 5) is 22.6. The van der Waals surface area contributed by atoms with E-state index in [9.17, 15) is 9.59 Å². The third kappa shape index (κ3) is 3.05. The Morgan fingerprint density at radius 2 is 1.89 bits per heavy atom. The second-order valence-electron chi connectivity index (χ2n) is 3.47. The molecule has 98 valence electrons. The Morgan fingerprint density at radius 1 is 1.33 bits per heavy atom. The van der Waals surface area contributed by atoms with Crippen molar-refractivity contribution in [1.82, 2.24) is 5.32 Å². The van der Waals surface area contributed by atoms with E-state index in [4.69, 9.17) is 33.0 Å². The Morgan fingerprint density at radius 3 is 2.39 bits per heavy atom. The predicted molar refractivity (Wildman–Crippen MR) is 67.6 cm³/mol. The molecule has 0 fully saturated rings. The van der Waals surface area contributed by atoms with Gasteiger partial charge in [0.15, 0.2) is 5.75 Å². The number of carboxylic acid groups (broad SMARTS) is 1. The summed E-state index contributed by atoms with van der Waals surface area (Å²) in [5.41, 5.74) is 0.0137. The highest BCUT2D eigenvalue weighted by atomic mass is 35.5. The number of amides is 1. The molecule has 0 aromatic heterocycles. The molecule has 0 bridgehead atoms. The van der Waals surface area contributed by atoms with Crippen molar-refractivity contribution >= 4 is 35.1 Å². The molecule has 0 aliphatic rings. The lowest BCUT2D eigenvalue weighted by Gasteiger charge is -2.14. The van der Waals surface area contributed by atoms with Crippen molar-refractivity contribution in [2.24, 2.45) is 0 Å². The molecule has 5 nitrogen and oxygen atoms in total. The Balaban J connectivity index is 3.12. The van der Waals surface area contributed by atoms with Crippen LogP contribution in [0.4, 0.5) is 0 Å². The van der Waals surface area contributed by atoms with Crippen molar-refractivity contribution < 1.29 is 19.4 Å². The fourth-order valence-corrected chi connectivity index (χ4v) is 1.74. The van der Waals surface area contributed by atoms with Crippen LogP contribution < -0.4 is 10.1 Å². The zero-order chi connectivity index (χ0) is 13.9. The molecular weight excluding hydrogens is 281 g/mol. The number of carbonyl (C=O) groups is 2. The topological polar surface area (TPSA) is 75.6 Å². The van der Waals surface area contributed by atoms with Crippen LogP contribution in [0, 0.1) is 0 Å². The summed E-state index contributed by atoms with van der Waals surface area (Å²) in [6.07, 6.45) is 0. The number of methoxy groups -OCH3 is 1. The number of halogens is 2. The second kappa shape index (κ2) is 5.93. The van der Waals surface area contributed by atoms with Gasteiger partial charge in [-0.2, -0.15) is 0 Å². The first kappa shape index (κ1) is 14.6. The van der Waals surface area contributed by atoms with E-state index in [1.165, 1.54) is 26.2 Å². The number of hydrogen-bond donors (Lipinski definition) is 2. The molecule has 0 spiro atoms. The first-order valence-electron chi connectivity index (χ1n) is 4.94. The minimum Gasteiger partial charge on any atom is -0.494 e. The Kier molecular flexibility index (Phi) is 4.81. The van der Waals surface area contributed by atoms with E-state index in [2.05, 4.69) is 5.32 Å². The van der Waals surface area contributed by atoms with Gasteiger partial charge in [-0.1, -0.05) is 23.2 Å². The molecule has 0 saturated heterocycles. The van der Waals surface area contributed by atoms with E-state index in [0.717, 1.165) is 0 Å². The van der Waals surface area contributed by atoms with Crippen molar-refractivity contribution in [3.63, 3.8) is 0 Å². The zero-order valence-electron chi connectivity index (χ0n) is 9.66. The van der Waals surface area contributed by atoms with E-state index in [1.807, 2.05) is 0 Å². The van der Waals surface area contributed by atoms with Gasteiger partial charge in [0.1, 0.15) is 11.6 Å². The lowest BCUT2D eigenvalue weighted by Crippen LogP contribution is -2.38. The van der Waals surface area contributed by atoms with Gasteiger partial charge in [-0.3, -0.25) is 9.59 Å². The predicted octanol–water partition coefficient (Wildman–Crippen LogP) is 2.20. The van der Waals surface area contributed by atoms with Crippen LogP contribution >= 0.6 is 23.2 Å². The highest BCUT2D eigenvalue weighted by Crippen LogP contribution is 2.33. The fraction of sp³-hybridized carbons (Fsp3) is 0.273. The molecule has 1 unspecified atom stereocenters. The molecule has 0 heterocycles. The van der Waals surface area contributed by atoms with E-state index >= 15 is 0 Å².